The number of hydrogen-bond donors (Lipinski definition) is 0. The molecule has 2 heteroatoms. The van der Waals surface area contributed by atoms with Crippen LogP contribution in [-0.4, -0.2) is 5.97 Å². The van der Waals surface area contributed by atoms with Crippen molar-refractivity contribution in [2.75, 3.05) is 0 Å². The van der Waals surface area contributed by atoms with E-state index in [0.717, 1.165) is 28.3 Å². The predicted molar refractivity (Wildman–Crippen MR) is 110 cm³/mol. The zero-order valence-electron chi connectivity index (χ0n) is 14.8. The molecule has 0 fully saturated rings. The molecule has 1 aliphatic carbocycles. The molecule has 4 aromatic rings. The van der Waals surface area contributed by atoms with E-state index in [1.807, 2.05) is 48.5 Å². The van der Waals surface area contributed by atoms with Gasteiger partial charge in [0, 0.05) is 12.0 Å². The van der Waals surface area contributed by atoms with Crippen LogP contribution in [0.15, 0.2) is 79.4 Å². The van der Waals surface area contributed by atoms with Gasteiger partial charge >= 0.3 is 5.97 Å². The van der Waals surface area contributed by atoms with Crippen LogP contribution < -0.4 is 0 Å². The Morgan fingerprint density at radius 3 is 2.52 bits per heavy atom. The van der Waals surface area contributed by atoms with Crippen LogP contribution in [0.1, 0.15) is 33.2 Å². The van der Waals surface area contributed by atoms with Crippen molar-refractivity contribution in [3.05, 3.63) is 102 Å². The molecule has 130 valence electrons. The topological polar surface area (TPSA) is 26.3 Å². The molecule has 5 rings (SSSR count). The highest BCUT2D eigenvalue weighted by Gasteiger charge is 2.28. The lowest BCUT2D eigenvalue weighted by Crippen LogP contribution is -2.11. The van der Waals surface area contributed by atoms with E-state index in [1.165, 1.54) is 16.3 Å². The molecular formula is C25H18O2. The summed E-state index contributed by atoms with van der Waals surface area (Å²) in [5.41, 5.74) is 3.95. The first-order chi connectivity index (χ1) is 13.3. The van der Waals surface area contributed by atoms with Crippen molar-refractivity contribution < 1.29 is 9.53 Å². The molecule has 0 amide bonds. The fourth-order valence-electron chi connectivity index (χ4n) is 4.17. The third kappa shape index (κ3) is 2.45. The molecular weight excluding hydrogens is 332 g/mol. The Balaban J connectivity index is 1.54. The van der Waals surface area contributed by atoms with Gasteiger partial charge in [-0.15, -0.1) is 0 Å². The number of hydrogen-bond acceptors (Lipinski definition) is 2. The van der Waals surface area contributed by atoms with Gasteiger partial charge in [0.15, 0.2) is 0 Å². The summed E-state index contributed by atoms with van der Waals surface area (Å²) < 4.78 is 5.99. The average molecular weight is 350 g/mol. The smallest absolute Gasteiger partial charge is 0.339 e. The summed E-state index contributed by atoms with van der Waals surface area (Å²) in [5.74, 6) is -0.281. The number of rotatable bonds is 3. The van der Waals surface area contributed by atoms with Gasteiger partial charge < -0.3 is 4.74 Å². The van der Waals surface area contributed by atoms with Crippen LogP contribution >= 0.6 is 0 Å². The van der Waals surface area contributed by atoms with Crippen LogP contribution in [0.2, 0.25) is 0 Å². The SMILES string of the molecule is C=Cc1ccc(C(=O)OC2Cc3cccc4cccc2c34)c2ccccc12. The van der Waals surface area contributed by atoms with Gasteiger partial charge in [-0.1, -0.05) is 79.4 Å². The summed E-state index contributed by atoms with van der Waals surface area (Å²) in [7, 11) is 0. The van der Waals surface area contributed by atoms with Crippen molar-refractivity contribution in [2.45, 2.75) is 12.5 Å². The first kappa shape index (κ1) is 15.8. The van der Waals surface area contributed by atoms with Gasteiger partial charge in [0.25, 0.3) is 0 Å². The Kier molecular flexibility index (Phi) is 3.58. The summed E-state index contributed by atoms with van der Waals surface area (Å²) in [6, 6.07) is 24.1. The predicted octanol–water partition coefficient (Wildman–Crippen LogP) is 6.09. The molecule has 0 saturated heterocycles. The number of carbonyl (C=O) groups excluding carboxylic acids is 1. The molecule has 27 heavy (non-hydrogen) atoms. The van der Waals surface area contributed by atoms with Crippen LogP contribution in [0.3, 0.4) is 0 Å². The molecule has 0 aliphatic heterocycles. The van der Waals surface area contributed by atoms with E-state index in [0.29, 0.717) is 5.56 Å². The molecule has 1 unspecified atom stereocenters. The van der Waals surface area contributed by atoms with E-state index in [9.17, 15) is 4.79 Å². The minimum Gasteiger partial charge on any atom is -0.453 e. The molecule has 0 aromatic heterocycles. The van der Waals surface area contributed by atoms with Gasteiger partial charge in [-0.25, -0.2) is 4.79 Å². The number of esters is 1. The van der Waals surface area contributed by atoms with E-state index in [4.69, 9.17) is 4.74 Å². The lowest BCUT2D eigenvalue weighted by molar-refractivity contribution is 0.0314. The van der Waals surface area contributed by atoms with Crippen LogP contribution in [0, 0.1) is 0 Å². The Morgan fingerprint density at radius 1 is 0.926 bits per heavy atom. The fourth-order valence-corrected chi connectivity index (χ4v) is 4.17. The molecule has 1 aliphatic rings. The molecule has 0 heterocycles. The Bertz CT molecular complexity index is 1210. The van der Waals surface area contributed by atoms with Crippen molar-refractivity contribution in [3.8, 4) is 0 Å². The number of ether oxygens (including phenoxy) is 1. The molecule has 2 nitrogen and oxygen atoms in total. The molecule has 0 N–H and O–H groups in total. The van der Waals surface area contributed by atoms with Crippen molar-refractivity contribution >= 4 is 33.6 Å². The van der Waals surface area contributed by atoms with Crippen molar-refractivity contribution in [1.82, 2.24) is 0 Å². The fraction of sp³-hybridized carbons (Fsp3) is 0.0800. The summed E-state index contributed by atoms with van der Waals surface area (Å²) in [6.07, 6.45) is 2.30. The zero-order chi connectivity index (χ0) is 18.4. The maximum atomic E-state index is 13.0. The summed E-state index contributed by atoms with van der Waals surface area (Å²) in [4.78, 5) is 13.0. The number of carbonyl (C=O) groups is 1. The minimum atomic E-state index is -0.281. The number of benzene rings is 4. The van der Waals surface area contributed by atoms with Gasteiger partial charge in [0.1, 0.15) is 6.10 Å². The molecule has 0 radical (unpaired) electrons. The standard InChI is InChI=1S/C25H18O2/c1-2-16-13-14-21(20-11-4-3-10-19(16)20)25(26)27-23-15-18-9-5-7-17-8-6-12-22(23)24(17)18/h2-14,23H,1,15H2. The molecule has 1 atom stereocenters. The maximum Gasteiger partial charge on any atom is 0.339 e. The second kappa shape index (κ2) is 6.10. The molecule has 4 aromatic carbocycles. The van der Waals surface area contributed by atoms with Crippen LogP contribution in [0.5, 0.6) is 0 Å². The van der Waals surface area contributed by atoms with E-state index in [-0.39, 0.29) is 12.1 Å². The first-order valence-electron chi connectivity index (χ1n) is 9.12. The third-order valence-corrected chi connectivity index (χ3v) is 5.42. The van der Waals surface area contributed by atoms with Crippen LogP contribution in [0.25, 0.3) is 27.6 Å². The highest BCUT2D eigenvalue weighted by atomic mass is 16.5. The van der Waals surface area contributed by atoms with Gasteiger partial charge in [0.05, 0.1) is 5.56 Å². The van der Waals surface area contributed by atoms with Gasteiger partial charge in [-0.05, 0) is 38.7 Å². The minimum absolute atomic E-state index is 0.239. The second-order valence-corrected chi connectivity index (χ2v) is 6.91. The van der Waals surface area contributed by atoms with E-state index in [1.54, 1.807) is 0 Å². The Hall–Kier alpha value is -3.39. The third-order valence-electron chi connectivity index (χ3n) is 5.42. The van der Waals surface area contributed by atoms with Gasteiger partial charge in [0.2, 0.25) is 0 Å². The van der Waals surface area contributed by atoms with E-state index >= 15 is 0 Å². The first-order valence-corrected chi connectivity index (χ1v) is 9.12. The maximum absolute atomic E-state index is 13.0. The van der Waals surface area contributed by atoms with Crippen molar-refractivity contribution in [1.29, 1.82) is 0 Å². The Labute approximate surface area is 157 Å². The quantitative estimate of drug-likeness (QED) is 0.418. The lowest BCUT2D eigenvalue weighted by Gasteiger charge is -2.15. The number of fused-ring (bicyclic) bond motifs is 1. The van der Waals surface area contributed by atoms with Crippen molar-refractivity contribution in [3.63, 3.8) is 0 Å². The zero-order valence-corrected chi connectivity index (χ0v) is 14.8. The van der Waals surface area contributed by atoms with Crippen LogP contribution in [0.4, 0.5) is 0 Å². The van der Waals surface area contributed by atoms with Crippen molar-refractivity contribution in [2.24, 2.45) is 0 Å². The monoisotopic (exact) mass is 350 g/mol. The highest BCUT2D eigenvalue weighted by Crippen LogP contribution is 2.39. The normalized spacial score (nSPS) is 15.2. The summed E-state index contributed by atoms with van der Waals surface area (Å²) in [6.45, 7) is 3.87. The lowest BCUT2D eigenvalue weighted by atomic mass is 9.99. The Morgan fingerprint density at radius 2 is 1.70 bits per heavy atom. The van der Waals surface area contributed by atoms with E-state index < -0.39 is 0 Å². The average Bonchev–Trinajstić information content (AvgIpc) is 3.06. The highest BCUT2D eigenvalue weighted by molar-refractivity contribution is 6.07. The van der Waals surface area contributed by atoms with Gasteiger partial charge in [-0.2, -0.15) is 0 Å². The molecule has 0 spiro atoms. The largest absolute Gasteiger partial charge is 0.453 e. The second-order valence-electron chi connectivity index (χ2n) is 6.91. The molecule has 0 bridgehead atoms. The summed E-state index contributed by atoms with van der Waals surface area (Å²) >= 11 is 0. The van der Waals surface area contributed by atoms with Gasteiger partial charge in [-0.3, -0.25) is 0 Å². The van der Waals surface area contributed by atoms with Crippen LogP contribution in [-0.2, 0) is 11.2 Å². The molecule has 0 saturated carbocycles. The van der Waals surface area contributed by atoms with E-state index in [2.05, 4.69) is 36.9 Å². The summed E-state index contributed by atoms with van der Waals surface area (Å²) in [5, 5.41) is 4.33.